The van der Waals surface area contributed by atoms with Gasteiger partial charge >= 0.3 is 12.7 Å². The van der Waals surface area contributed by atoms with Gasteiger partial charge in [0.05, 0.1) is 17.9 Å². The monoisotopic (exact) mass is 439 g/mol. The molecule has 1 aromatic heterocycles. The van der Waals surface area contributed by atoms with E-state index in [1.54, 1.807) is 17.2 Å². The zero-order valence-electron chi connectivity index (χ0n) is 18.2. The minimum atomic E-state index is -3.09. The minimum Gasteiger partial charge on any atom is -0.444 e. The number of alkyl halides is 2. The van der Waals surface area contributed by atoms with E-state index in [0.717, 1.165) is 17.9 Å². The number of hydrogen-bond donors (Lipinski definition) is 0. The van der Waals surface area contributed by atoms with Crippen molar-refractivity contribution in [2.24, 2.45) is 0 Å². The van der Waals surface area contributed by atoms with Gasteiger partial charge in [0.2, 0.25) is 0 Å². The third kappa shape index (κ3) is 5.51. The summed E-state index contributed by atoms with van der Waals surface area (Å²) in [6, 6.07) is 3.64. The van der Waals surface area contributed by atoms with Gasteiger partial charge in [-0.1, -0.05) is 13.0 Å². The first-order valence-corrected chi connectivity index (χ1v) is 10.4. The van der Waals surface area contributed by atoms with Crippen LogP contribution in [0.3, 0.4) is 0 Å². The molecule has 2 heterocycles. The Hall–Kier alpha value is -2.71. The molecule has 0 fully saturated rings. The highest BCUT2D eigenvalue weighted by atomic mass is 19.3. The highest BCUT2D eigenvalue weighted by Crippen LogP contribution is 2.33. The van der Waals surface area contributed by atoms with E-state index in [0.29, 0.717) is 31.5 Å². The van der Waals surface area contributed by atoms with Gasteiger partial charge in [0.15, 0.2) is 11.6 Å². The van der Waals surface area contributed by atoms with Crippen molar-refractivity contribution in [2.45, 2.75) is 71.8 Å². The molecule has 31 heavy (non-hydrogen) atoms. The van der Waals surface area contributed by atoms with Crippen LogP contribution in [0.4, 0.5) is 18.0 Å². The first kappa shape index (κ1) is 23.0. The Labute approximate surface area is 180 Å². The number of carbonyl (C=O) groups excluding carboxylic acids is 1. The van der Waals surface area contributed by atoms with Crippen molar-refractivity contribution < 1.29 is 27.4 Å². The molecule has 3 rings (SSSR count). The maximum absolute atomic E-state index is 14.1. The molecule has 0 spiro atoms. The second-order valence-corrected chi connectivity index (χ2v) is 8.48. The summed E-state index contributed by atoms with van der Waals surface area (Å²) in [4.78, 5) is 19.0. The van der Waals surface area contributed by atoms with E-state index in [9.17, 15) is 18.0 Å². The van der Waals surface area contributed by atoms with Crippen molar-refractivity contribution in [3.63, 3.8) is 0 Å². The lowest BCUT2D eigenvalue weighted by Gasteiger charge is -2.38. The van der Waals surface area contributed by atoms with Crippen LogP contribution < -0.4 is 4.74 Å². The molecule has 1 amide bonds. The van der Waals surface area contributed by atoms with E-state index in [4.69, 9.17) is 4.74 Å². The Morgan fingerprint density at radius 1 is 1.29 bits per heavy atom. The Morgan fingerprint density at radius 2 is 2.03 bits per heavy atom. The summed E-state index contributed by atoms with van der Waals surface area (Å²) in [6.07, 6.45) is 3.08. The number of aromatic nitrogens is 2. The number of aryl methyl sites for hydroxylation is 2. The quantitative estimate of drug-likeness (QED) is 0.628. The normalized spacial score (nSPS) is 16.4. The van der Waals surface area contributed by atoms with Crippen LogP contribution in [0.15, 0.2) is 24.4 Å². The van der Waals surface area contributed by atoms with Crippen LogP contribution in [-0.4, -0.2) is 39.3 Å². The number of rotatable bonds is 6. The van der Waals surface area contributed by atoms with Crippen LogP contribution >= 0.6 is 0 Å². The predicted octanol–water partition coefficient (Wildman–Crippen LogP) is 5.11. The number of ether oxygens (including phenoxy) is 2. The molecule has 1 atom stereocenters. The van der Waals surface area contributed by atoms with Crippen molar-refractivity contribution in [3.8, 4) is 5.75 Å². The zero-order valence-corrected chi connectivity index (χ0v) is 18.2. The molecule has 1 aliphatic heterocycles. The van der Waals surface area contributed by atoms with Crippen molar-refractivity contribution in [1.29, 1.82) is 0 Å². The van der Waals surface area contributed by atoms with Crippen molar-refractivity contribution in [3.05, 3.63) is 47.3 Å². The summed E-state index contributed by atoms with van der Waals surface area (Å²) in [6.45, 7) is 5.49. The van der Waals surface area contributed by atoms with Crippen molar-refractivity contribution in [1.82, 2.24) is 14.5 Å². The molecule has 9 heteroatoms. The standard InChI is InChI=1S/C22H28F3N3O3/c1-5-19-26-13-17-16(28(11-10-27(17)19)21(29)31-22(2,3)4)8-6-14-7-9-18(15(23)12-14)30-20(24)25/h7,9,12-13,16,20H,5-6,8,10-11H2,1-4H3. The van der Waals surface area contributed by atoms with E-state index in [2.05, 4.69) is 14.3 Å². The Balaban J connectivity index is 1.81. The molecule has 0 N–H and O–H groups in total. The molecule has 6 nitrogen and oxygen atoms in total. The van der Waals surface area contributed by atoms with Crippen LogP contribution in [0.2, 0.25) is 0 Å². The molecule has 0 saturated carbocycles. The lowest BCUT2D eigenvalue weighted by molar-refractivity contribution is -0.0522. The molecule has 170 valence electrons. The molecule has 1 aliphatic rings. The largest absolute Gasteiger partial charge is 0.444 e. The Morgan fingerprint density at radius 3 is 2.65 bits per heavy atom. The van der Waals surface area contributed by atoms with Crippen LogP contribution in [-0.2, 0) is 24.1 Å². The second kappa shape index (κ2) is 9.20. The topological polar surface area (TPSA) is 56.6 Å². The zero-order chi connectivity index (χ0) is 22.8. The summed E-state index contributed by atoms with van der Waals surface area (Å²) < 4.78 is 50.7. The lowest BCUT2D eigenvalue weighted by Crippen LogP contribution is -2.44. The number of carbonyl (C=O) groups is 1. The first-order valence-electron chi connectivity index (χ1n) is 10.4. The van der Waals surface area contributed by atoms with E-state index < -0.39 is 29.9 Å². The van der Waals surface area contributed by atoms with Gasteiger partial charge in [-0.3, -0.25) is 4.90 Å². The summed E-state index contributed by atoms with van der Waals surface area (Å²) in [5, 5.41) is 0. The number of hydrogen-bond acceptors (Lipinski definition) is 4. The summed E-state index contributed by atoms with van der Waals surface area (Å²) in [7, 11) is 0. The number of benzene rings is 1. The van der Waals surface area contributed by atoms with E-state index in [1.165, 1.54) is 12.1 Å². The third-order valence-corrected chi connectivity index (χ3v) is 5.11. The predicted molar refractivity (Wildman–Crippen MR) is 109 cm³/mol. The second-order valence-electron chi connectivity index (χ2n) is 8.48. The fourth-order valence-corrected chi connectivity index (χ4v) is 3.80. The number of nitrogens with zero attached hydrogens (tertiary/aromatic N) is 3. The minimum absolute atomic E-state index is 0.295. The highest BCUT2D eigenvalue weighted by molar-refractivity contribution is 5.69. The Bertz CT molecular complexity index is 924. The summed E-state index contributed by atoms with van der Waals surface area (Å²) in [5.41, 5.74) is 0.903. The molecule has 0 bridgehead atoms. The molecular weight excluding hydrogens is 411 g/mol. The van der Waals surface area contributed by atoms with Gasteiger partial charge in [-0.15, -0.1) is 0 Å². The van der Waals surface area contributed by atoms with Crippen LogP contribution in [0.25, 0.3) is 0 Å². The third-order valence-electron chi connectivity index (χ3n) is 5.11. The van der Waals surface area contributed by atoms with E-state index in [1.807, 2.05) is 27.7 Å². The SMILES string of the molecule is CCc1ncc2n1CCN(C(=O)OC(C)(C)C)C2CCc1ccc(OC(F)F)c(F)c1. The van der Waals surface area contributed by atoms with Gasteiger partial charge in [0.25, 0.3) is 0 Å². The van der Waals surface area contributed by atoms with E-state index in [-0.39, 0.29) is 6.04 Å². The van der Waals surface area contributed by atoms with Crippen molar-refractivity contribution in [2.75, 3.05) is 6.54 Å². The Kier molecular flexibility index (Phi) is 6.81. The number of fused-ring (bicyclic) bond motifs is 1. The maximum atomic E-state index is 14.1. The van der Waals surface area contributed by atoms with Gasteiger partial charge in [0, 0.05) is 19.5 Å². The summed E-state index contributed by atoms with van der Waals surface area (Å²) in [5.74, 6) is -0.385. The molecule has 1 unspecified atom stereocenters. The van der Waals surface area contributed by atoms with Gasteiger partial charge in [-0.2, -0.15) is 8.78 Å². The van der Waals surface area contributed by atoms with Gasteiger partial charge < -0.3 is 14.0 Å². The molecule has 2 aromatic rings. The van der Waals surface area contributed by atoms with Crippen molar-refractivity contribution >= 4 is 6.09 Å². The van der Waals surface area contributed by atoms with Crippen LogP contribution in [0.1, 0.15) is 57.2 Å². The molecule has 1 aromatic carbocycles. The average molecular weight is 439 g/mol. The van der Waals surface area contributed by atoms with Gasteiger partial charge in [-0.25, -0.2) is 14.2 Å². The molecule has 0 saturated heterocycles. The number of imidazole rings is 1. The van der Waals surface area contributed by atoms with E-state index >= 15 is 0 Å². The van der Waals surface area contributed by atoms with Crippen LogP contribution in [0.5, 0.6) is 5.75 Å². The van der Waals surface area contributed by atoms with Crippen LogP contribution in [0, 0.1) is 5.82 Å². The molecule has 0 aliphatic carbocycles. The smallest absolute Gasteiger partial charge is 0.410 e. The molecule has 0 radical (unpaired) electrons. The van der Waals surface area contributed by atoms with Gasteiger partial charge in [0.1, 0.15) is 11.4 Å². The highest BCUT2D eigenvalue weighted by Gasteiger charge is 2.34. The molecular formula is C22H28F3N3O3. The van der Waals surface area contributed by atoms with Gasteiger partial charge in [-0.05, 0) is 51.3 Å². The number of amides is 1. The summed E-state index contributed by atoms with van der Waals surface area (Å²) >= 11 is 0. The first-order chi connectivity index (χ1) is 14.6. The number of halogens is 3. The maximum Gasteiger partial charge on any atom is 0.410 e. The fraction of sp³-hybridized carbons (Fsp3) is 0.545. The fourth-order valence-electron chi connectivity index (χ4n) is 3.80. The average Bonchev–Trinajstić information content (AvgIpc) is 3.09. The lowest BCUT2D eigenvalue weighted by atomic mass is 10.00.